The van der Waals surface area contributed by atoms with Crippen LogP contribution in [0.1, 0.15) is 102 Å². The zero-order valence-corrected chi connectivity index (χ0v) is 56.4. The maximum absolute atomic E-state index is 16.2. The van der Waals surface area contributed by atoms with Gasteiger partial charge in [0.05, 0.1) is 74.8 Å². The molecule has 4 heterocycles. The lowest BCUT2D eigenvalue weighted by atomic mass is 9.83. The van der Waals surface area contributed by atoms with Gasteiger partial charge in [-0.2, -0.15) is 0 Å². The third-order valence-corrected chi connectivity index (χ3v) is 17.2. The highest BCUT2D eigenvalue weighted by Gasteiger charge is 2.64. The lowest BCUT2D eigenvalue weighted by Crippen LogP contribution is -2.63. The molecule has 9 amide bonds. The Morgan fingerprint density at radius 1 is 0.968 bits per heavy atom. The van der Waals surface area contributed by atoms with Gasteiger partial charge in [-0.15, -0.1) is 5.06 Å². The molecule has 6 rings (SSSR count). The fraction of sp³-hybridized carbons (Fsp3) is 0.571. The van der Waals surface area contributed by atoms with Crippen LogP contribution >= 0.6 is 23.8 Å². The number of hydrogen-bond donors (Lipinski definition) is 8. The standard InChI is InChI=1S/C63H86ClFN10O19S/c1-34(2)54(69-33-48(95)67-22-24-90-26-25-89-23-20-52(79)94-75-49(76)18-19-50(75)77)57(81)71-42(14-12-21-68-60(66)84)56(80)70-39-16-17-40(41(65)30-39)58(82)73(7)37(5)59(83)92-47-31-51(78)74(8)43-28-38(29-44(87-9)53(43)64)27-35(3)13-11-15-46(88-10)63(86)32-45(91-61(85)72-63)36(4)55-62(47,6)93-55/h11,13,15-17,28-30,34,36-37,42,45-47,54-55,69,86H,12,14,18-27,31-33H2,1-10H3,(H,67,95)(H,70,80)(H,71,81)(H,72,85)(H3,66,68,84)/b15-11+,35-13+/t36-,37+,42+,45+,46-,47+,54+,55+,62+,63+/m1/s1. The molecule has 0 radical (unpaired) electrons. The molecule has 0 unspecified atom stereocenters. The van der Waals surface area contributed by atoms with E-state index in [2.05, 4.69) is 31.9 Å². The lowest BCUT2D eigenvalue weighted by molar-refractivity contribution is -0.198. The molecule has 32 heteroatoms. The number of hydroxylamine groups is 2. The SMILES string of the molecule is COc1cc2cc(c1Cl)N(C)C(=O)C[C@H](OC(=O)[C@H](C)N(C)C(=O)c1ccc(NC(=O)[C@H](CCCNC(N)=O)NC(=O)[C@@H](NCC(=S)NCCOCCOCCC(=O)ON3C(=O)CCC3=O)C(C)C)cc1F)[C@]1(C)O[C@H]1[C@H](C)[C@@H]1C[C@@](O)(NC(=O)O1)[C@H](OC)/C=C/C=C(\C)C2. The molecule has 0 aliphatic carbocycles. The molecule has 10 atom stereocenters. The van der Waals surface area contributed by atoms with Crippen LogP contribution in [0.3, 0.4) is 0 Å². The number of likely N-dealkylation sites (N-methyl/N-ethyl adjacent to an activating group) is 1. The first-order valence-corrected chi connectivity index (χ1v) is 31.7. The zero-order chi connectivity index (χ0) is 70.1. The van der Waals surface area contributed by atoms with E-state index in [9.17, 15) is 53.1 Å². The average Bonchev–Trinajstić information content (AvgIpc) is 1.58. The number of anilines is 2. The van der Waals surface area contributed by atoms with Gasteiger partial charge in [-0.05, 0) is 81.8 Å². The molecule has 2 aromatic rings. The number of methoxy groups -OCH3 is 2. The number of primary amides is 1. The van der Waals surface area contributed by atoms with Crippen molar-refractivity contribution in [2.24, 2.45) is 17.6 Å². The van der Waals surface area contributed by atoms with Gasteiger partial charge in [0, 0.05) is 71.7 Å². The first-order valence-electron chi connectivity index (χ1n) is 30.9. The fourth-order valence-electron chi connectivity index (χ4n) is 10.9. The molecule has 4 aliphatic rings. The predicted molar refractivity (Wildman–Crippen MR) is 345 cm³/mol. The average molecular weight is 1370 g/mol. The monoisotopic (exact) mass is 1370 g/mol. The summed E-state index contributed by atoms with van der Waals surface area (Å²) >= 11 is 12.3. The first kappa shape index (κ1) is 76.1. The van der Waals surface area contributed by atoms with E-state index in [0.29, 0.717) is 28.6 Å². The molecule has 95 heavy (non-hydrogen) atoms. The summed E-state index contributed by atoms with van der Waals surface area (Å²) in [5.74, 6) is -7.70. The van der Waals surface area contributed by atoms with Crippen molar-refractivity contribution in [2.75, 3.05) is 84.6 Å². The Kier molecular flexibility index (Phi) is 27.8. The van der Waals surface area contributed by atoms with Gasteiger partial charge in [0.25, 0.3) is 17.7 Å². The van der Waals surface area contributed by atoms with E-state index < -0.39 is 137 Å². The molecular weight excluding hydrogens is 1290 g/mol. The van der Waals surface area contributed by atoms with E-state index in [1.54, 1.807) is 58.1 Å². The Hall–Kier alpha value is -7.91. The van der Waals surface area contributed by atoms with Gasteiger partial charge in [-0.25, -0.2) is 23.6 Å². The third-order valence-electron chi connectivity index (χ3n) is 16.5. The maximum Gasteiger partial charge on any atom is 0.409 e. The molecule has 522 valence electrons. The topological polar surface area (TPSA) is 376 Å². The summed E-state index contributed by atoms with van der Waals surface area (Å²) in [5, 5.41) is 28.9. The highest BCUT2D eigenvalue weighted by atomic mass is 35.5. The van der Waals surface area contributed by atoms with E-state index in [0.717, 1.165) is 22.6 Å². The minimum absolute atomic E-state index is 0.0136. The lowest BCUT2D eigenvalue weighted by Gasteiger charge is -2.42. The Labute approximate surface area is 560 Å². The van der Waals surface area contributed by atoms with Gasteiger partial charge < -0.3 is 79.9 Å². The molecule has 9 N–H and O–H groups in total. The van der Waals surface area contributed by atoms with Crippen LogP contribution in [0.2, 0.25) is 5.02 Å². The molecule has 4 aliphatic heterocycles. The summed E-state index contributed by atoms with van der Waals surface area (Å²) in [5.41, 5.74) is 3.10. The normalized spacial score (nSPS) is 23.9. The van der Waals surface area contributed by atoms with Crippen molar-refractivity contribution >= 4 is 99.7 Å². The van der Waals surface area contributed by atoms with Crippen LogP contribution in [0, 0.1) is 17.7 Å². The van der Waals surface area contributed by atoms with E-state index >= 15 is 4.39 Å². The number of nitrogens with one attached hydrogen (secondary N) is 6. The van der Waals surface area contributed by atoms with E-state index in [1.165, 1.54) is 46.2 Å². The van der Waals surface area contributed by atoms with Crippen molar-refractivity contribution < 1.29 is 95.4 Å². The largest absolute Gasteiger partial charge is 0.495 e. The molecular formula is C63H86ClFN10O19S. The van der Waals surface area contributed by atoms with Crippen molar-refractivity contribution in [1.82, 2.24) is 36.5 Å². The van der Waals surface area contributed by atoms with Gasteiger partial charge in [0.2, 0.25) is 17.7 Å². The Bertz CT molecular complexity index is 3240. The highest BCUT2D eigenvalue weighted by Crippen LogP contribution is 2.49. The summed E-state index contributed by atoms with van der Waals surface area (Å²) in [6, 6.07) is 2.32. The summed E-state index contributed by atoms with van der Waals surface area (Å²) in [6.07, 6.45) is -0.432. The molecule has 4 bridgehead atoms. The smallest absolute Gasteiger partial charge is 0.409 e. The predicted octanol–water partition coefficient (Wildman–Crippen LogP) is 3.40. The van der Waals surface area contributed by atoms with Gasteiger partial charge in [-0.3, -0.25) is 39.4 Å². The number of thiocarbonyl (C=S) groups is 1. The molecule has 0 spiro atoms. The summed E-state index contributed by atoms with van der Waals surface area (Å²) in [7, 11) is 5.55. The number of carbonyl (C=O) groups is 10. The number of halogens is 2. The molecule has 3 saturated heterocycles. The number of esters is 1. The van der Waals surface area contributed by atoms with E-state index in [-0.39, 0.29) is 106 Å². The highest BCUT2D eigenvalue weighted by molar-refractivity contribution is 7.80. The molecule has 29 nitrogen and oxygen atoms in total. The van der Waals surface area contributed by atoms with Gasteiger partial charge in [-0.1, -0.05) is 68.4 Å². The van der Waals surface area contributed by atoms with Crippen LogP contribution in [0.15, 0.2) is 54.1 Å². The second kappa shape index (κ2) is 34.7. The van der Waals surface area contributed by atoms with Crippen molar-refractivity contribution in [3.05, 3.63) is 76.1 Å². The first-order chi connectivity index (χ1) is 44.9. The number of epoxide rings is 1. The van der Waals surface area contributed by atoms with Crippen LogP contribution in [-0.4, -0.2) is 208 Å². The van der Waals surface area contributed by atoms with Crippen molar-refractivity contribution in [3.63, 3.8) is 0 Å². The minimum atomic E-state index is -1.95. The Balaban J connectivity index is 1.08. The number of nitrogens with zero attached hydrogens (tertiary/aromatic N) is 3. The van der Waals surface area contributed by atoms with Crippen LogP contribution < -0.4 is 47.3 Å². The molecule has 0 aromatic heterocycles. The summed E-state index contributed by atoms with van der Waals surface area (Å²) < 4.78 is 56.5. The molecule has 2 aromatic carbocycles. The number of fused-ring (bicyclic) bond motifs is 5. The number of aliphatic hydroxyl groups is 1. The second-order valence-electron chi connectivity index (χ2n) is 24.0. The van der Waals surface area contributed by atoms with Crippen molar-refractivity contribution in [2.45, 2.75) is 147 Å². The second-order valence-corrected chi connectivity index (χ2v) is 24.8. The van der Waals surface area contributed by atoms with Crippen LogP contribution in [0.5, 0.6) is 5.75 Å². The number of ether oxygens (including phenoxy) is 7. The molecule has 0 saturated carbocycles. The third kappa shape index (κ3) is 20.8. The van der Waals surface area contributed by atoms with Gasteiger partial charge in [0.15, 0.2) is 5.72 Å². The number of hydrogen-bond acceptors (Lipinski definition) is 21. The number of benzene rings is 2. The number of allylic oxidation sites excluding steroid dienone is 3. The Morgan fingerprint density at radius 3 is 2.32 bits per heavy atom. The minimum Gasteiger partial charge on any atom is -0.495 e. The van der Waals surface area contributed by atoms with Gasteiger partial charge >= 0.3 is 24.1 Å². The van der Waals surface area contributed by atoms with Crippen LogP contribution in [0.4, 0.5) is 25.4 Å². The van der Waals surface area contributed by atoms with Gasteiger partial charge in [0.1, 0.15) is 52.6 Å². The number of carbonyl (C=O) groups excluding carboxylic acids is 10. The van der Waals surface area contributed by atoms with E-state index in [1.807, 2.05) is 6.92 Å². The summed E-state index contributed by atoms with van der Waals surface area (Å²) in [6.45, 7) is 11.0. The number of amides is 9. The Morgan fingerprint density at radius 2 is 1.66 bits per heavy atom. The maximum atomic E-state index is 16.2. The van der Waals surface area contributed by atoms with Crippen molar-refractivity contribution in [1.29, 1.82) is 0 Å². The van der Waals surface area contributed by atoms with Crippen molar-refractivity contribution in [3.8, 4) is 5.75 Å². The van der Waals surface area contributed by atoms with Crippen LogP contribution in [0.25, 0.3) is 0 Å². The zero-order valence-electron chi connectivity index (χ0n) is 54.8. The number of nitrogens with two attached hydrogens (primary N) is 1. The number of rotatable bonds is 28. The van der Waals surface area contributed by atoms with E-state index in [4.69, 9.17) is 67.5 Å². The number of alkyl carbamates (subject to hydrolysis) is 1. The quantitative estimate of drug-likeness (QED) is 0.0199. The van der Waals surface area contributed by atoms with Crippen LogP contribution in [-0.2, 0) is 73.2 Å². The molecule has 3 fully saturated rings. The number of urea groups is 1. The number of imide groups is 1. The summed E-state index contributed by atoms with van der Waals surface area (Å²) in [4.78, 5) is 138. The fourth-order valence-corrected chi connectivity index (χ4v) is 11.4.